The van der Waals surface area contributed by atoms with Gasteiger partial charge in [0.15, 0.2) is 0 Å². The Bertz CT molecular complexity index is 681. The molecular formula is C19H26FN3O4. The lowest BCUT2D eigenvalue weighted by Crippen LogP contribution is -2.58. The van der Waals surface area contributed by atoms with E-state index in [1.165, 1.54) is 6.07 Å². The number of rotatable bonds is 6. The first-order valence-corrected chi connectivity index (χ1v) is 9.35. The maximum Gasteiger partial charge on any atom is 0.317 e. The molecule has 1 heterocycles. The number of hydrogen-bond donors (Lipinski definition) is 2. The van der Waals surface area contributed by atoms with Gasteiger partial charge in [-0.05, 0) is 25.5 Å². The number of hydrogen-bond acceptors (Lipinski definition) is 4. The molecule has 2 N–H and O–H groups in total. The predicted molar refractivity (Wildman–Crippen MR) is 96.9 cm³/mol. The van der Waals surface area contributed by atoms with Gasteiger partial charge in [-0.1, -0.05) is 25.1 Å². The van der Waals surface area contributed by atoms with Gasteiger partial charge in [-0.15, -0.1) is 0 Å². The molecule has 2 aliphatic rings. The first kappa shape index (κ1) is 19.6. The smallest absolute Gasteiger partial charge is 0.317 e. The van der Waals surface area contributed by atoms with Gasteiger partial charge in [-0.25, -0.2) is 9.18 Å². The zero-order chi connectivity index (χ0) is 19.4. The summed E-state index contributed by atoms with van der Waals surface area (Å²) in [6.07, 6.45) is 1.02. The number of amides is 2. The van der Waals surface area contributed by atoms with Crippen LogP contribution >= 0.6 is 0 Å². The van der Waals surface area contributed by atoms with Crippen LogP contribution in [-0.4, -0.2) is 71.8 Å². The van der Waals surface area contributed by atoms with Crippen molar-refractivity contribution in [1.29, 1.82) is 0 Å². The summed E-state index contributed by atoms with van der Waals surface area (Å²) in [6.45, 7) is 3.77. The summed E-state index contributed by atoms with van der Waals surface area (Å²) in [4.78, 5) is 27.0. The topological polar surface area (TPSA) is 82.1 Å². The van der Waals surface area contributed by atoms with Crippen LogP contribution < -0.4 is 5.32 Å². The monoisotopic (exact) mass is 379 g/mol. The molecule has 3 rings (SSSR count). The number of urea groups is 1. The number of halogens is 1. The highest BCUT2D eigenvalue weighted by Crippen LogP contribution is 2.27. The van der Waals surface area contributed by atoms with Crippen LogP contribution in [0.2, 0.25) is 0 Å². The molecule has 8 heteroatoms. The summed E-state index contributed by atoms with van der Waals surface area (Å²) < 4.78 is 19.6. The van der Waals surface area contributed by atoms with E-state index in [-0.39, 0.29) is 30.5 Å². The van der Waals surface area contributed by atoms with E-state index in [2.05, 4.69) is 5.32 Å². The molecule has 1 unspecified atom stereocenters. The predicted octanol–water partition coefficient (Wildman–Crippen LogP) is 1.85. The average molecular weight is 379 g/mol. The van der Waals surface area contributed by atoms with E-state index in [9.17, 15) is 14.0 Å². The van der Waals surface area contributed by atoms with Gasteiger partial charge in [-0.3, -0.25) is 9.69 Å². The van der Waals surface area contributed by atoms with E-state index in [0.29, 0.717) is 31.8 Å². The molecule has 7 nitrogen and oxygen atoms in total. The number of benzene rings is 1. The molecule has 2 amide bonds. The molecule has 1 atom stereocenters. The SMILES string of the molecule is CCN(CC(=O)O)C1CC(NC(=O)N2CCOC(c3ccccc3F)C2)C1. The summed E-state index contributed by atoms with van der Waals surface area (Å²) in [6, 6.07) is 6.51. The number of carboxylic acids is 1. The number of ether oxygens (including phenoxy) is 1. The van der Waals surface area contributed by atoms with E-state index in [1.807, 2.05) is 11.8 Å². The van der Waals surface area contributed by atoms with Gasteiger partial charge in [0.25, 0.3) is 0 Å². The highest BCUT2D eigenvalue weighted by molar-refractivity contribution is 5.75. The Morgan fingerprint density at radius 1 is 1.37 bits per heavy atom. The zero-order valence-corrected chi connectivity index (χ0v) is 15.4. The van der Waals surface area contributed by atoms with Crippen molar-refractivity contribution in [1.82, 2.24) is 15.1 Å². The van der Waals surface area contributed by atoms with E-state index < -0.39 is 12.1 Å². The Kier molecular flexibility index (Phi) is 6.28. The lowest BCUT2D eigenvalue weighted by molar-refractivity contribution is -0.139. The number of likely N-dealkylation sites (N-methyl/N-ethyl adjacent to an activating group) is 1. The largest absolute Gasteiger partial charge is 0.480 e. The molecule has 1 saturated heterocycles. The van der Waals surface area contributed by atoms with Gasteiger partial charge in [0, 0.05) is 24.2 Å². The van der Waals surface area contributed by atoms with Gasteiger partial charge in [-0.2, -0.15) is 0 Å². The van der Waals surface area contributed by atoms with Crippen LogP contribution in [0.3, 0.4) is 0 Å². The third kappa shape index (κ3) is 4.75. The van der Waals surface area contributed by atoms with Crippen LogP contribution in [0.25, 0.3) is 0 Å². The standard InChI is InChI=1S/C19H26FN3O4/c1-2-22(12-18(24)25)14-9-13(10-14)21-19(26)23-7-8-27-17(11-23)15-5-3-4-6-16(15)20/h3-6,13-14,17H,2,7-12H2,1H3,(H,21,26)(H,24,25). The van der Waals surface area contributed by atoms with Crippen molar-refractivity contribution in [2.75, 3.05) is 32.8 Å². The second-order valence-electron chi connectivity index (χ2n) is 7.06. The van der Waals surface area contributed by atoms with Gasteiger partial charge in [0.2, 0.25) is 0 Å². The maximum absolute atomic E-state index is 14.0. The second kappa shape index (κ2) is 8.67. The minimum Gasteiger partial charge on any atom is -0.480 e. The van der Waals surface area contributed by atoms with Gasteiger partial charge < -0.3 is 20.1 Å². The molecule has 0 aromatic heterocycles. The molecule has 1 aromatic carbocycles. The number of carbonyl (C=O) groups excluding carboxylic acids is 1. The first-order valence-electron chi connectivity index (χ1n) is 9.35. The molecule has 0 bridgehead atoms. The molecule has 1 aliphatic heterocycles. The van der Waals surface area contributed by atoms with Crippen LogP contribution in [0.1, 0.15) is 31.4 Å². The Labute approximate surface area is 158 Å². The number of morpholine rings is 1. The van der Waals surface area contributed by atoms with Crippen molar-refractivity contribution in [2.24, 2.45) is 0 Å². The minimum atomic E-state index is -0.836. The summed E-state index contributed by atoms with van der Waals surface area (Å²) in [7, 11) is 0. The van der Waals surface area contributed by atoms with E-state index >= 15 is 0 Å². The first-order chi connectivity index (χ1) is 13.0. The van der Waals surface area contributed by atoms with Gasteiger partial charge in [0.05, 0.1) is 19.7 Å². The summed E-state index contributed by atoms with van der Waals surface area (Å²) >= 11 is 0. The molecule has 27 heavy (non-hydrogen) atoms. The fourth-order valence-corrected chi connectivity index (χ4v) is 3.70. The lowest BCUT2D eigenvalue weighted by atomic mass is 9.85. The highest BCUT2D eigenvalue weighted by Gasteiger charge is 2.36. The summed E-state index contributed by atoms with van der Waals surface area (Å²) in [5, 5.41) is 11.9. The van der Waals surface area contributed by atoms with Crippen molar-refractivity contribution in [3.8, 4) is 0 Å². The third-order valence-electron chi connectivity index (χ3n) is 5.31. The number of nitrogens with one attached hydrogen (secondary N) is 1. The number of nitrogens with zero attached hydrogens (tertiary/aromatic N) is 2. The Morgan fingerprint density at radius 2 is 2.11 bits per heavy atom. The molecule has 0 spiro atoms. The quantitative estimate of drug-likeness (QED) is 0.788. The number of aliphatic carboxylic acids is 1. The molecule has 1 aliphatic carbocycles. The van der Waals surface area contributed by atoms with Crippen molar-refractivity contribution in [2.45, 2.75) is 38.0 Å². The molecule has 148 valence electrons. The van der Waals surface area contributed by atoms with E-state index in [4.69, 9.17) is 9.84 Å². The van der Waals surface area contributed by atoms with Gasteiger partial charge in [0.1, 0.15) is 11.9 Å². The molecular weight excluding hydrogens is 353 g/mol. The third-order valence-corrected chi connectivity index (χ3v) is 5.31. The second-order valence-corrected chi connectivity index (χ2v) is 7.06. The van der Waals surface area contributed by atoms with Crippen LogP contribution in [0.4, 0.5) is 9.18 Å². The zero-order valence-electron chi connectivity index (χ0n) is 15.4. The maximum atomic E-state index is 14.0. The van der Waals surface area contributed by atoms with Gasteiger partial charge >= 0.3 is 12.0 Å². The van der Waals surface area contributed by atoms with E-state index in [0.717, 1.165) is 12.8 Å². The molecule has 2 fully saturated rings. The average Bonchev–Trinajstić information content (AvgIpc) is 2.63. The molecule has 0 radical (unpaired) electrons. The van der Waals surface area contributed by atoms with Crippen LogP contribution in [0.5, 0.6) is 0 Å². The van der Waals surface area contributed by atoms with Crippen molar-refractivity contribution in [3.05, 3.63) is 35.6 Å². The molecule has 1 aromatic rings. The van der Waals surface area contributed by atoms with Crippen LogP contribution in [0.15, 0.2) is 24.3 Å². The number of carboxylic acid groups (broad SMARTS) is 1. The normalized spacial score (nSPS) is 25.1. The Balaban J connectivity index is 1.49. The van der Waals surface area contributed by atoms with Crippen molar-refractivity contribution < 1.29 is 23.8 Å². The highest BCUT2D eigenvalue weighted by atomic mass is 19.1. The van der Waals surface area contributed by atoms with Crippen molar-refractivity contribution in [3.63, 3.8) is 0 Å². The van der Waals surface area contributed by atoms with E-state index in [1.54, 1.807) is 23.1 Å². The fourth-order valence-electron chi connectivity index (χ4n) is 3.70. The Morgan fingerprint density at radius 3 is 2.78 bits per heavy atom. The van der Waals surface area contributed by atoms with Crippen LogP contribution in [-0.2, 0) is 9.53 Å². The number of carbonyl (C=O) groups is 2. The molecule has 1 saturated carbocycles. The van der Waals surface area contributed by atoms with Crippen molar-refractivity contribution >= 4 is 12.0 Å². The summed E-state index contributed by atoms with van der Waals surface area (Å²) in [5.74, 6) is -1.17. The fraction of sp³-hybridized carbons (Fsp3) is 0.579. The van der Waals surface area contributed by atoms with Crippen LogP contribution in [0, 0.1) is 5.82 Å². The summed E-state index contributed by atoms with van der Waals surface area (Å²) in [5.41, 5.74) is 0.464. The minimum absolute atomic E-state index is 0.0234. The Hall–Kier alpha value is -2.19. The lowest BCUT2D eigenvalue weighted by Gasteiger charge is -2.43.